The molecule has 2 aliphatic rings. The van der Waals surface area contributed by atoms with Gasteiger partial charge in [0.05, 0.1) is 11.0 Å². The molecular weight excluding hydrogens is 350 g/mol. The van der Waals surface area contributed by atoms with Crippen molar-refractivity contribution in [1.82, 2.24) is 14.5 Å². The first-order valence-electron chi connectivity index (χ1n) is 9.95. The fourth-order valence-electron chi connectivity index (χ4n) is 4.44. The van der Waals surface area contributed by atoms with E-state index in [0.29, 0.717) is 19.1 Å². The molecule has 0 aliphatic carbocycles. The lowest BCUT2D eigenvalue weighted by atomic mass is 9.93. The zero-order valence-electron chi connectivity index (χ0n) is 16.2. The monoisotopic (exact) mass is 375 g/mol. The molecule has 5 nitrogen and oxygen atoms in total. The summed E-state index contributed by atoms with van der Waals surface area (Å²) >= 11 is 0. The first-order valence-corrected chi connectivity index (χ1v) is 9.95. The number of hydrogen-bond acceptors (Lipinski definition) is 4. The smallest absolute Gasteiger partial charge is 0.162 e. The van der Waals surface area contributed by atoms with E-state index in [2.05, 4.69) is 52.3 Å². The molecule has 1 unspecified atom stereocenters. The van der Waals surface area contributed by atoms with Crippen molar-refractivity contribution in [2.75, 3.05) is 26.3 Å². The number of nitrogens with zero attached hydrogens (tertiary/aromatic N) is 3. The van der Waals surface area contributed by atoms with Crippen molar-refractivity contribution < 1.29 is 9.47 Å². The molecule has 0 spiro atoms. The Balaban J connectivity index is 1.39. The number of ether oxygens (including phenoxy) is 2. The topological polar surface area (TPSA) is 39.5 Å². The highest BCUT2D eigenvalue weighted by Gasteiger charge is 2.26. The van der Waals surface area contributed by atoms with Gasteiger partial charge in [-0.1, -0.05) is 6.58 Å². The number of fused-ring (bicyclic) bond motifs is 2. The minimum atomic E-state index is 0.474. The number of pyridine rings is 1. The molecule has 3 aromatic rings. The minimum Gasteiger partial charge on any atom is -0.486 e. The molecule has 1 saturated heterocycles. The average molecular weight is 375 g/mol. The van der Waals surface area contributed by atoms with Crippen LogP contribution >= 0.6 is 0 Å². The van der Waals surface area contributed by atoms with Crippen LogP contribution in [0.15, 0.2) is 49.2 Å². The van der Waals surface area contributed by atoms with Crippen molar-refractivity contribution in [3.8, 4) is 11.5 Å². The van der Waals surface area contributed by atoms with Gasteiger partial charge < -0.3 is 18.9 Å². The van der Waals surface area contributed by atoms with Crippen LogP contribution < -0.4 is 9.47 Å². The molecule has 0 saturated carbocycles. The van der Waals surface area contributed by atoms with E-state index in [-0.39, 0.29) is 0 Å². The van der Waals surface area contributed by atoms with Crippen LogP contribution in [0.3, 0.4) is 0 Å². The SMILES string of the molecule is C=C(c1ccc2c(c1)OCCO2)N1CCCC(c2cc3ncccc3n2C)C1. The molecule has 2 aromatic heterocycles. The van der Waals surface area contributed by atoms with Gasteiger partial charge in [-0.2, -0.15) is 0 Å². The van der Waals surface area contributed by atoms with E-state index in [1.165, 1.54) is 17.6 Å². The lowest BCUT2D eigenvalue weighted by molar-refractivity contribution is 0.171. The van der Waals surface area contributed by atoms with Crippen LogP contribution in [-0.2, 0) is 7.05 Å². The van der Waals surface area contributed by atoms with Gasteiger partial charge in [-0.3, -0.25) is 4.98 Å². The van der Waals surface area contributed by atoms with Crippen LogP contribution in [0.2, 0.25) is 0 Å². The normalized spacial score (nSPS) is 19.0. The third-order valence-corrected chi connectivity index (χ3v) is 5.95. The second-order valence-corrected chi connectivity index (χ2v) is 7.63. The zero-order valence-corrected chi connectivity index (χ0v) is 16.2. The summed E-state index contributed by atoms with van der Waals surface area (Å²) in [6.07, 6.45) is 4.21. The number of likely N-dealkylation sites (tertiary alicyclic amines) is 1. The highest BCUT2D eigenvalue weighted by Crippen LogP contribution is 2.36. The number of piperidine rings is 1. The van der Waals surface area contributed by atoms with Gasteiger partial charge in [0.15, 0.2) is 11.5 Å². The molecule has 4 heterocycles. The summed E-state index contributed by atoms with van der Waals surface area (Å²) in [5.41, 5.74) is 5.78. The summed E-state index contributed by atoms with van der Waals surface area (Å²) < 4.78 is 13.7. The Bertz CT molecular complexity index is 1040. The van der Waals surface area contributed by atoms with E-state index >= 15 is 0 Å². The third-order valence-electron chi connectivity index (χ3n) is 5.95. The molecule has 144 valence electrons. The summed E-state index contributed by atoms with van der Waals surface area (Å²) in [5, 5.41) is 0. The Labute approximate surface area is 165 Å². The number of benzene rings is 1. The summed E-state index contributed by atoms with van der Waals surface area (Å²) in [4.78, 5) is 6.93. The van der Waals surface area contributed by atoms with Crippen LogP contribution in [-0.4, -0.2) is 40.8 Å². The predicted octanol–water partition coefficient (Wildman–Crippen LogP) is 4.19. The van der Waals surface area contributed by atoms with Gasteiger partial charge in [0.1, 0.15) is 13.2 Å². The molecule has 0 radical (unpaired) electrons. The van der Waals surface area contributed by atoms with E-state index in [0.717, 1.165) is 47.8 Å². The van der Waals surface area contributed by atoms with Crippen LogP contribution in [0.1, 0.15) is 30.0 Å². The van der Waals surface area contributed by atoms with E-state index in [1.807, 2.05) is 18.3 Å². The standard InChI is InChI=1S/C23H25N3O2/c1-16(17-7-8-22-23(13-17)28-12-11-27-22)26-10-4-5-18(15-26)21-14-19-20(25(21)2)6-3-9-24-19/h3,6-9,13-14,18H,1,4-5,10-12,15H2,2H3. The number of aromatic nitrogens is 2. The van der Waals surface area contributed by atoms with E-state index in [4.69, 9.17) is 9.47 Å². The first-order chi connectivity index (χ1) is 13.7. The lowest BCUT2D eigenvalue weighted by Crippen LogP contribution is -2.33. The Hall–Kier alpha value is -2.95. The molecule has 0 amide bonds. The van der Waals surface area contributed by atoms with Crippen LogP contribution in [0, 0.1) is 0 Å². The molecule has 2 aliphatic heterocycles. The minimum absolute atomic E-state index is 0.474. The maximum Gasteiger partial charge on any atom is 0.162 e. The van der Waals surface area contributed by atoms with Crippen molar-refractivity contribution in [2.24, 2.45) is 7.05 Å². The largest absolute Gasteiger partial charge is 0.486 e. The van der Waals surface area contributed by atoms with Crippen molar-refractivity contribution in [1.29, 1.82) is 0 Å². The quantitative estimate of drug-likeness (QED) is 0.688. The van der Waals surface area contributed by atoms with Gasteiger partial charge in [0.2, 0.25) is 0 Å². The summed E-state index contributed by atoms with van der Waals surface area (Å²) in [6.45, 7) is 7.62. The fourth-order valence-corrected chi connectivity index (χ4v) is 4.44. The van der Waals surface area contributed by atoms with Gasteiger partial charge in [-0.15, -0.1) is 0 Å². The van der Waals surface area contributed by atoms with E-state index < -0.39 is 0 Å². The van der Waals surface area contributed by atoms with Gasteiger partial charge >= 0.3 is 0 Å². The lowest BCUT2D eigenvalue weighted by Gasteiger charge is -2.36. The molecule has 1 atom stereocenters. The van der Waals surface area contributed by atoms with Crippen molar-refractivity contribution in [3.05, 3.63) is 60.4 Å². The number of hydrogen-bond donors (Lipinski definition) is 0. The summed E-state index contributed by atoms with van der Waals surface area (Å²) in [7, 11) is 2.15. The molecule has 5 rings (SSSR count). The summed E-state index contributed by atoms with van der Waals surface area (Å²) in [5.74, 6) is 2.11. The van der Waals surface area contributed by atoms with Crippen LogP contribution in [0.5, 0.6) is 11.5 Å². The number of rotatable bonds is 3. The van der Waals surface area contributed by atoms with E-state index in [1.54, 1.807) is 0 Å². The van der Waals surface area contributed by atoms with Crippen molar-refractivity contribution >= 4 is 16.7 Å². The van der Waals surface area contributed by atoms with Crippen LogP contribution in [0.4, 0.5) is 0 Å². The molecule has 0 bridgehead atoms. The van der Waals surface area contributed by atoms with Gasteiger partial charge in [0.25, 0.3) is 0 Å². The Kier molecular flexibility index (Phi) is 4.23. The zero-order chi connectivity index (χ0) is 19.1. The fraction of sp³-hybridized carbons (Fsp3) is 0.348. The maximum atomic E-state index is 5.75. The third kappa shape index (κ3) is 2.91. The highest BCUT2D eigenvalue weighted by atomic mass is 16.6. The Morgan fingerprint density at radius 2 is 2.00 bits per heavy atom. The van der Waals surface area contributed by atoms with Gasteiger partial charge in [-0.05, 0) is 49.2 Å². The summed E-state index contributed by atoms with van der Waals surface area (Å²) in [6, 6.07) is 12.5. The Morgan fingerprint density at radius 3 is 2.86 bits per heavy atom. The van der Waals surface area contributed by atoms with Gasteiger partial charge in [-0.25, -0.2) is 0 Å². The van der Waals surface area contributed by atoms with Crippen molar-refractivity contribution in [2.45, 2.75) is 18.8 Å². The first kappa shape index (κ1) is 17.2. The second-order valence-electron chi connectivity index (χ2n) is 7.63. The maximum absolute atomic E-state index is 5.75. The predicted molar refractivity (Wildman–Crippen MR) is 111 cm³/mol. The van der Waals surface area contributed by atoms with E-state index in [9.17, 15) is 0 Å². The van der Waals surface area contributed by atoms with Crippen molar-refractivity contribution in [3.63, 3.8) is 0 Å². The van der Waals surface area contributed by atoms with Gasteiger partial charge in [0, 0.05) is 49.2 Å². The molecule has 1 aromatic carbocycles. The highest BCUT2D eigenvalue weighted by molar-refractivity contribution is 5.77. The average Bonchev–Trinajstić information content (AvgIpc) is 3.10. The second kappa shape index (κ2) is 6.89. The molecule has 28 heavy (non-hydrogen) atoms. The molecule has 0 N–H and O–H groups in total. The Morgan fingerprint density at radius 1 is 1.14 bits per heavy atom. The molecule has 1 fully saturated rings. The number of aryl methyl sites for hydroxylation is 1. The molecule has 5 heteroatoms. The van der Waals surface area contributed by atoms with Crippen LogP contribution in [0.25, 0.3) is 16.7 Å². The molecular formula is C23H25N3O2.